The number of unbranched alkanes of at least 4 members (excludes halogenated alkanes) is 1. The number of methoxy groups -OCH3 is 1. The van der Waals surface area contributed by atoms with Gasteiger partial charge in [0.15, 0.2) is 0 Å². The van der Waals surface area contributed by atoms with Crippen molar-refractivity contribution in [3.8, 4) is 0 Å². The third kappa shape index (κ3) is 8.93. The van der Waals surface area contributed by atoms with Gasteiger partial charge in [-0.1, -0.05) is 42.5 Å². The van der Waals surface area contributed by atoms with Crippen LogP contribution in [0.3, 0.4) is 0 Å². The quantitative estimate of drug-likeness (QED) is 0.188. The maximum Gasteiger partial charge on any atom is 0.329 e. The van der Waals surface area contributed by atoms with Gasteiger partial charge in [-0.3, -0.25) is 0 Å². The number of carbonyl (C=O) groups is 1. The normalized spacial score (nSPS) is 14.0. The first-order valence-electron chi connectivity index (χ1n) is 14.7. The molecule has 2 heterocycles. The molecule has 1 aliphatic rings. The predicted octanol–water partition coefficient (Wildman–Crippen LogP) is 6.08. The fraction of sp³-hybridized carbons (Fsp3) is 0.515. The van der Waals surface area contributed by atoms with Crippen molar-refractivity contribution >= 4 is 28.2 Å². The Hall–Kier alpha value is -3.16. The smallest absolute Gasteiger partial charge is 0.329 e. The summed E-state index contributed by atoms with van der Waals surface area (Å²) in [5.74, 6) is 0.844. The summed E-state index contributed by atoms with van der Waals surface area (Å²) in [6, 6.07) is 18.3. The monoisotopic (exact) mass is 546 g/mol. The van der Waals surface area contributed by atoms with Gasteiger partial charge in [-0.2, -0.15) is 0 Å². The molecule has 0 bridgehead atoms. The molecule has 1 atom stereocenters. The molecular formula is C33H46N4O3. The van der Waals surface area contributed by atoms with Crippen LogP contribution in [0.25, 0.3) is 10.8 Å². The van der Waals surface area contributed by atoms with E-state index in [-0.39, 0.29) is 5.97 Å². The molecule has 1 aromatic heterocycles. The van der Waals surface area contributed by atoms with Crippen molar-refractivity contribution in [3.05, 3.63) is 65.9 Å². The predicted molar refractivity (Wildman–Crippen MR) is 164 cm³/mol. The van der Waals surface area contributed by atoms with Crippen LogP contribution < -0.4 is 10.6 Å². The zero-order valence-electron chi connectivity index (χ0n) is 24.7. The number of ether oxygens (including phenoxy) is 2. The van der Waals surface area contributed by atoms with Crippen LogP contribution in [0, 0.1) is 0 Å². The number of carbonyl (C=O) groups excluding carboxylic acids is 1. The van der Waals surface area contributed by atoms with E-state index in [2.05, 4.69) is 45.9 Å². The van der Waals surface area contributed by atoms with E-state index >= 15 is 0 Å². The Morgan fingerprint density at radius 3 is 2.70 bits per heavy atom. The lowest BCUT2D eigenvalue weighted by Gasteiger charge is -2.28. The summed E-state index contributed by atoms with van der Waals surface area (Å²) in [5, 5.41) is 9.20. The first kappa shape index (κ1) is 29.8. The third-order valence-electron chi connectivity index (χ3n) is 7.27. The van der Waals surface area contributed by atoms with Crippen molar-refractivity contribution in [1.29, 1.82) is 0 Å². The number of aromatic nitrogens is 1. The van der Waals surface area contributed by atoms with Gasteiger partial charge in [0.05, 0.1) is 6.61 Å². The second-order valence-corrected chi connectivity index (χ2v) is 11.7. The van der Waals surface area contributed by atoms with Crippen LogP contribution >= 0.6 is 0 Å². The van der Waals surface area contributed by atoms with Gasteiger partial charge >= 0.3 is 5.97 Å². The molecule has 216 valence electrons. The summed E-state index contributed by atoms with van der Waals surface area (Å²) in [7, 11) is 1.74. The fourth-order valence-corrected chi connectivity index (χ4v) is 5.18. The van der Waals surface area contributed by atoms with Crippen LogP contribution in [-0.4, -0.2) is 67.4 Å². The standard InChI is InChI=1S/C33H46N4O3/c1-33(2,3)40-32(38)30(36-29-16-9-12-25-11-5-6-15-28(25)29)19-22-37(23-24-39-4)21-8-7-14-27-18-17-26-13-10-20-34-31(26)35-27/h5-6,9,11-12,15-18,30,36H,7-8,10,13-14,19-24H2,1-4H3,(H,34,35). The number of aryl methyl sites for hydroxylation is 2. The van der Waals surface area contributed by atoms with Crippen LogP contribution in [-0.2, 0) is 27.1 Å². The molecule has 0 spiro atoms. The van der Waals surface area contributed by atoms with Crippen LogP contribution in [0.15, 0.2) is 54.6 Å². The zero-order valence-corrected chi connectivity index (χ0v) is 24.7. The molecular weight excluding hydrogens is 500 g/mol. The molecule has 1 aliphatic heterocycles. The van der Waals surface area contributed by atoms with Crippen molar-refractivity contribution < 1.29 is 14.3 Å². The molecule has 40 heavy (non-hydrogen) atoms. The van der Waals surface area contributed by atoms with Crippen molar-refractivity contribution in [2.24, 2.45) is 0 Å². The lowest BCUT2D eigenvalue weighted by Crippen LogP contribution is -2.40. The summed E-state index contributed by atoms with van der Waals surface area (Å²) in [6.07, 6.45) is 6.03. The number of hydrogen-bond donors (Lipinski definition) is 2. The van der Waals surface area contributed by atoms with Crippen molar-refractivity contribution in [3.63, 3.8) is 0 Å². The highest BCUT2D eigenvalue weighted by Gasteiger charge is 2.26. The molecule has 7 heteroatoms. The number of nitrogens with zero attached hydrogens (tertiary/aromatic N) is 2. The number of hydrogen-bond acceptors (Lipinski definition) is 7. The van der Waals surface area contributed by atoms with Gasteiger partial charge in [0, 0.05) is 43.5 Å². The molecule has 4 rings (SSSR count). The fourth-order valence-electron chi connectivity index (χ4n) is 5.18. The second-order valence-electron chi connectivity index (χ2n) is 11.7. The molecule has 0 radical (unpaired) electrons. The Kier molecular flexibility index (Phi) is 10.8. The highest BCUT2D eigenvalue weighted by atomic mass is 16.6. The van der Waals surface area contributed by atoms with Crippen LogP contribution in [0.2, 0.25) is 0 Å². The van der Waals surface area contributed by atoms with E-state index < -0.39 is 11.6 Å². The first-order chi connectivity index (χ1) is 19.3. The van der Waals surface area contributed by atoms with Crippen molar-refractivity contribution in [1.82, 2.24) is 9.88 Å². The maximum atomic E-state index is 13.3. The van der Waals surface area contributed by atoms with Gasteiger partial charge in [0.2, 0.25) is 0 Å². The van der Waals surface area contributed by atoms with E-state index in [1.807, 2.05) is 45.0 Å². The lowest BCUT2D eigenvalue weighted by molar-refractivity contribution is -0.156. The first-order valence-corrected chi connectivity index (χ1v) is 14.7. The van der Waals surface area contributed by atoms with Gasteiger partial charge in [-0.05, 0) is 88.9 Å². The number of esters is 1. The molecule has 7 nitrogen and oxygen atoms in total. The van der Waals surface area contributed by atoms with Gasteiger partial charge in [0.25, 0.3) is 0 Å². The highest BCUT2D eigenvalue weighted by Crippen LogP contribution is 2.25. The number of nitrogens with one attached hydrogen (secondary N) is 2. The Labute approximate surface area is 239 Å². The van der Waals surface area contributed by atoms with Crippen LogP contribution in [0.4, 0.5) is 11.5 Å². The number of pyridine rings is 1. The van der Waals surface area contributed by atoms with E-state index in [1.165, 1.54) is 12.0 Å². The molecule has 2 aromatic carbocycles. The van der Waals surface area contributed by atoms with Gasteiger partial charge in [0.1, 0.15) is 17.5 Å². The summed E-state index contributed by atoms with van der Waals surface area (Å²) >= 11 is 0. The maximum absolute atomic E-state index is 13.3. The Morgan fingerprint density at radius 1 is 1.05 bits per heavy atom. The van der Waals surface area contributed by atoms with Gasteiger partial charge in [-0.25, -0.2) is 9.78 Å². The molecule has 3 aromatic rings. The van der Waals surface area contributed by atoms with Crippen molar-refractivity contribution in [2.45, 2.75) is 70.9 Å². The van der Waals surface area contributed by atoms with E-state index in [0.717, 1.165) is 79.8 Å². The van der Waals surface area contributed by atoms with Gasteiger partial charge < -0.3 is 25.0 Å². The van der Waals surface area contributed by atoms with E-state index in [9.17, 15) is 4.79 Å². The van der Waals surface area contributed by atoms with Crippen LogP contribution in [0.1, 0.15) is 57.7 Å². The summed E-state index contributed by atoms with van der Waals surface area (Å²) in [5.41, 5.74) is 2.88. The Bertz CT molecular complexity index is 1230. The van der Waals surface area contributed by atoms with E-state index in [4.69, 9.17) is 14.5 Å². The average Bonchev–Trinajstić information content (AvgIpc) is 2.94. The largest absolute Gasteiger partial charge is 0.458 e. The summed E-state index contributed by atoms with van der Waals surface area (Å²) in [6.45, 7) is 9.96. The lowest BCUT2D eigenvalue weighted by atomic mass is 10.1. The minimum absolute atomic E-state index is 0.223. The number of fused-ring (bicyclic) bond motifs is 2. The van der Waals surface area contributed by atoms with Crippen LogP contribution in [0.5, 0.6) is 0 Å². The summed E-state index contributed by atoms with van der Waals surface area (Å²) in [4.78, 5) is 20.5. The molecule has 0 saturated carbocycles. The zero-order chi connectivity index (χ0) is 28.4. The van der Waals surface area contributed by atoms with Gasteiger partial charge in [-0.15, -0.1) is 0 Å². The topological polar surface area (TPSA) is 75.7 Å². The molecule has 2 N–H and O–H groups in total. The highest BCUT2D eigenvalue weighted by molar-refractivity contribution is 5.95. The molecule has 0 aliphatic carbocycles. The number of rotatable bonds is 14. The molecule has 0 amide bonds. The van der Waals surface area contributed by atoms with E-state index in [1.54, 1.807) is 7.11 Å². The molecule has 0 saturated heterocycles. The number of benzene rings is 2. The third-order valence-corrected chi connectivity index (χ3v) is 7.27. The minimum atomic E-state index is -0.550. The molecule has 0 fully saturated rings. The average molecular weight is 547 g/mol. The SMILES string of the molecule is COCCN(CCCCc1ccc2c(n1)NCCC2)CCC(Nc1cccc2ccccc12)C(=O)OC(C)(C)C. The minimum Gasteiger partial charge on any atom is -0.458 e. The Balaban J connectivity index is 1.36. The number of anilines is 2. The van der Waals surface area contributed by atoms with Crippen molar-refractivity contribution in [2.75, 3.05) is 50.5 Å². The Morgan fingerprint density at radius 2 is 1.88 bits per heavy atom. The molecule has 1 unspecified atom stereocenters. The second kappa shape index (κ2) is 14.5. The summed E-state index contributed by atoms with van der Waals surface area (Å²) < 4.78 is 11.2. The van der Waals surface area contributed by atoms with E-state index in [0.29, 0.717) is 13.0 Å².